The fourth-order valence-electron chi connectivity index (χ4n) is 2.69. The lowest BCUT2D eigenvalue weighted by molar-refractivity contribution is 0.222. The zero-order chi connectivity index (χ0) is 13.7. The van der Waals surface area contributed by atoms with Crippen molar-refractivity contribution in [3.05, 3.63) is 29.8 Å². The maximum Gasteiger partial charge on any atom is 0.118 e. The Morgan fingerprint density at radius 1 is 1.42 bits per heavy atom. The molecule has 2 atom stereocenters. The van der Waals surface area contributed by atoms with Gasteiger partial charge in [-0.15, -0.1) is 0 Å². The van der Waals surface area contributed by atoms with Crippen LogP contribution in [0.4, 0.5) is 0 Å². The van der Waals surface area contributed by atoms with Gasteiger partial charge in [-0.3, -0.25) is 0 Å². The maximum atomic E-state index is 5.21. The summed E-state index contributed by atoms with van der Waals surface area (Å²) in [5, 5.41) is 7.02. The third-order valence-corrected chi connectivity index (χ3v) is 3.85. The van der Waals surface area contributed by atoms with Crippen LogP contribution in [0.15, 0.2) is 24.3 Å². The molecule has 0 spiro atoms. The van der Waals surface area contributed by atoms with E-state index in [-0.39, 0.29) is 0 Å². The first-order chi connectivity index (χ1) is 9.22. The molecule has 1 fully saturated rings. The Hall–Kier alpha value is -1.10. The summed E-state index contributed by atoms with van der Waals surface area (Å²) in [5.41, 5.74) is 1.32. The average Bonchev–Trinajstić information content (AvgIpc) is 2.45. The van der Waals surface area contributed by atoms with E-state index < -0.39 is 0 Å². The van der Waals surface area contributed by atoms with E-state index in [4.69, 9.17) is 4.74 Å². The highest BCUT2D eigenvalue weighted by atomic mass is 16.5. The Morgan fingerprint density at radius 3 is 2.74 bits per heavy atom. The Morgan fingerprint density at radius 2 is 2.16 bits per heavy atom. The molecule has 4 nitrogen and oxygen atoms in total. The maximum absolute atomic E-state index is 5.21. The molecular weight excluding hydrogens is 238 g/mol. The normalized spacial score (nSPS) is 22.2. The van der Waals surface area contributed by atoms with Crippen LogP contribution in [0.3, 0.4) is 0 Å². The minimum absolute atomic E-state index is 0.384. The van der Waals surface area contributed by atoms with Crippen molar-refractivity contribution in [3.8, 4) is 5.75 Å². The molecule has 1 aliphatic rings. The topological polar surface area (TPSA) is 36.5 Å². The van der Waals surface area contributed by atoms with Crippen LogP contribution < -0.4 is 15.4 Å². The minimum atomic E-state index is 0.384. The highest BCUT2D eigenvalue weighted by Gasteiger charge is 2.20. The van der Waals surface area contributed by atoms with Crippen molar-refractivity contribution >= 4 is 0 Å². The van der Waals surface area contributed by atoms with Crippen LogP contribution in [0.2, 0.25) is 0 Å². The molecule has 1 aromatic carbocycles. The number of ether oxygens (including phenoxy) is 1. The molecule has 1 aliphatic heterocycles. The smallest absolute Gasteiger partial charge is 0.118 e. The van der Waals surface area contributed by atoms with Gasteiger partial charge in [0.25, 0.3) is 0 Å². The summed E-state index contributed by atoms with van der Waals surface area (Å²) in [6.07, 6.45) is 1.10. The van der Waals surface area contributed by atoms with Crippen molar-refractivity contribution in [2.24, 2.45) is 0 Å². The number of hydrogen-bond donors (Lipinski definition) is 2. The van der Waals surface area contributed by atoms with Gasteiger partial charge in [0.05, 0.1) is 7.11 Å². The van der Waals surface area contributed by atoms with Crippen molar-refractivity contribution < 1.29 is 4.74 Å². The number of hydrogen-bond acceptors (Lipinski definition) is 4. The number of nitrogens with one attached hydrogen (secondary N) is 2. The Balaban J connectivity index is 1.98. The second-order valence-electron chi connectivity index (χ2n) is 5.26. The van der Waals surface area contributed by atoms with E-state index in [1.54, 1.807) is 7.11 Å². The van der Waals surface area contributed by atoms with E-state index in [0.717, 1.165) is 31.8 Å². The number of likely N-dealkylation sites (N-methyl/N-ethyl adjacent to an activating group) is 1. The van der Waals surface area contributed by atoms with Gasteiger partial charge in [-0.25, -0.2) is 0 Å². The molecule has 2 unspecified atom stereocenters. The van der Waals surface area contributed by atoms with Gasteiger partial charge >= 0.3 is 0 Å². The van der Waals surface area contributed by atoms with E-state index in [9.17, 15) is 0 Å². The first-order valence-electron chi connectivity index (χ1n) is 6.96. The quantitative estimate of drug-likeness (QED) is 0.838. The summed E-state index contributed by atoms with van der Waals surface area (Å²) in [5.74, 6) is 0.911. The zero-order valence-corrected chi connectivity index (χ0v) is 12.1. The third-order valence-electron chi connectivity index (χ3n) is 3.85. The predicted octanol–water partition coefficient (Wildman–Crippen LogP) is 1.25. The molecule has 0 bridgehead atoms. The first-order valence-corrected chi connectivity index (χ1v) is 6.96. The minimum Gasteiger partial charge on any atom is -0.497 e. The monoisotopic (exact) mass is 263 g/mol. The van der Waals surface area contributed by atoms with E-state index in [2.05, 4.69) is 34.7 Å². The molecule has 1 saturated heterocycles. The Kier molecular flexibility index (Phi) is 5.19. The third kappa shape index (κ3) is 3.93. The molecule has 1 heterocycles. The molecule has 0 aliphatic carbocycles. The molecule has 2 rings (SSSR count). The van der Waals surface area contributed by atoms with Crippen LogP contribution in [-0.2, 0) is 0 Å². The highest BCUT2D eigenvalue weighted by Crippen LogP contribution is 2.22. The van der Waals surface area contributed by atoms with Gasteiger partial charge in [-0.2, -0.15) is 0 Å². The van der Waals surface area contributed by atoms with Gasteiger partial charge in [-0.05, 0) is 38.2 Å². The molecule has 4 heteroatoms. The summed E-state index contributed by atoms with van der Waals surface area (Å²) >= 11 is 0. The van der Waals surface area contributed by atoms with Crippen molar-refractivity contribution in [1.82, 2.24) is 15.5 Å². The molecule has 1 aromatic rings. The molecule has 19 heavy (non-hydrogen) atoms. The zero-order valence-electron chi connectivity index (χ0n) is 12.1. The van der Waals surface area contributed by atoms with Crippen molar-refractivity contribution in [1.29, 1.82) is 0 Å². The summed E-state index contributed by atoms with van der Waals surface area (Å²) in [6, 6.07) is 9.28. The lowest BCUT2D eigenvalue weighted by atomic mass is 9.98. The summed E-state index contributed by atoms with van der Waals surface area (Å²) < 4.78 is 5.21. The number of nitrogens with zero attached hydrogens (tertiary/aromatic N) is 1. The van der Waals surface area contributed by atoms with Gasteiger partial charge in [-0.1, -0.05) is 12.1 Å². The van der Waals surface area contributed by atoms with Crippen LogP contribution in [0.1, 0.15) is 18.0 Å². The second-order valence-corrected chi connectivity index (χ2v) is 5.26. The Labute approximate surface area is 116 Å². The van der Waals surface area contributed by atoms with Crippen LogP contribution in [0.5, 0.6) is 5.75 Å². The van der Waals surface area contributed by atoms with Crippen LogP contribution >= 0.6 is 0 Å². The largest absolute Gasteiger partial charge is 0.497 e. The number of benzene rings is 1. The number of methoxy groups -OCH3 is 1. The van der Waals surface area contributed by atoms with Crippen molar-refractivity contribution in [2.75, 3.05) is 40.8 Å². The molecule has 106 valence electrons. The van der Waals surface area contributed by atoms with Gasteiger partial charge < -0.3 is 20.3 Å². The highest BCUT2D eigenvalue weighted by molar-refractivity contribution is 5.29. The number of piperazine rings is 1. The summed E-state index contributed by atoms with van der Waals surface area (Å²) in [4.78, 5) is 2.39. The van der Waals surface area contributed by atoms with Gasteiger partial charge in [0.2, 0.25) is 0 Å². The predicted molar refractivity (Wildman–Crippen MR) is 78.7 cm³/mol. The average molecular weight is 263 g/mol. The molecule has 2 N–H and O–H groups in total. The lowest BCUT2D eigenvalue weighted by Gasteiger charge is -2.33. The van der Waals surface area contributed by atoms with Crippen LogP contribution in [0, 0.1) is 0 Å². The summed E-state index contributed by atoms with van der Waals surface area (Å²) in [7, 11) is 5.92. The summed E-state index contributed by atoms with van der Waals surface area (Å²) in [6.45, 7) is 3.35. The molecule has 0 aromatic heterocycles. The van der Waals surface area contributed by atoms with Crippen LogP contribution in [0.25, 0.3) is 0 Å². The van der Waals surface area contributed by atoms with Gasteiger partial charge in [0.15, 0.2) is 0 Å². The fraction of sp³-hybridized carbons (Fsp3) is 0.600. The second kappa shape index (κ2) is 6.89. The molecule has 0 radical (unpaired) electrons. The van der Waals surface area contributed by atoms with Crippen molar-refractivity contribution in [2.45, 2.75) is 18.5 Å². The lowest BCUT2D eigenvalue weighted by Crippen LogP contribution is -2.50. The SMILES string of the molecule is CNC(CC1CN(C)CCN1)c1ccc(OC)cc1. The van der Waals surface area contributed by atoms with Gasteiger partial charge in [0, 0.05) is 31.7 Å². The molecule has 0 amide bonds. The first kappa shape index (κ1) is 14.3. The van der Waals surface area contributed by atoms with E-state index in [1.165, 1.54) is 5.56 Å². The standard InChI is InChI=1S/C15H25N3O/c1-16-15(10-13-11-18(2)9-8-17-13)12-4-6-14(19-3)7-5-12/h4-7,13,15-17H,8-11H2,1-3H3. The van der Waals surface area contributed by atoms with Crippen LogP contribution in [-0.4, -0.2) is 51.8 Å². The number of rotatable bonds is 5. The van der Waals surface area contributed by atoms with E-state index >= 15 is 0 Å². The molecule has 0 saturated carbocycles. The van der Waals surface area contributed by atoms with Crippen molar-refractivity contribution in [3.63, 3.8) is 0 Å². The Bertz CT molecular complexity index is 379. The van der Waals surface area contributed by atoms with E-state index in [1.807, 2.05) is 19.2 Å². The molecular formula is C15H25N3O. The van der Waals surface area contributed by atoms with Gasteiger partial charge in [0.1, 0.15) is 5.75 Å². The fourth-order valence-corrected chi connectivity index (χ4v) is 2.69. The van der Waals surface area contributed by atoms with E-state index in [0.29, 0.717) is 12.1 Å².